The Bertz CT molecular complexity index is 515. The highest BCUT2D eigenvalue weighted by Crippen LogP contribution is 2.55. The van der Waals surface area contributed by atoms with Crippen LogP contribution in [0.5, 0.6) is 0 Å². The number of nitrogens with one attached hydrogen (secondary N) is 1. The van der Waals surface area contributed by atoms with Crippen LogP contribution < -0.4 is 0 Å². The van der Waals surface area contributed by atoms with Crippen LogP contribution >= 0.6 is 0 Å². The molecule has 0 amide bonds. The van der Waals surface area contributed by atoms with Gasteiger partial charge in [0, 0.05) is 12.0 Å². The van der Waals surface area contributed by atoms with Crippen molar-refractivity contribution >= 4 is 5.97 Å². The van der Waals surface area contributed by atoms with Gasteiger partial charge in [0.05, 0.1) is 18.7 Å². The first-order valence-electron chi connectivity index (χ1n) is 7.24. The minimum absolute atomic E-state index is 0.0149. The highest BCUT2D eigenvalue weighted by Gasteiger charge is 2.55. The average Bonchev–Trinajstić information content (AvgIpc) is 2.96. The molecule has 0 spiro atoms. The molecule has 7 heteroatoms. The van der Waals surface area contributed by atoms with Gasteiger partial charge in [-0.2, -0.15) is 18.3 Å². The fraction of sp³-hybridized carbons (Fsp3) is 0.714. The summed E-state index contributed by atoms with van der Waals surface area (Å²) in [6, 6.07) is 0. The van der Waals surface area contributed by atoms with Gasteiger partial charge in [0.2, 0.25) is 0 Å². The maximum Gasteiger partial charge on any atom is 0.433 e. The van der Waals surface area contributed by atoms with Gasteiger partial charge in [-0.15, -0.1) is 0 Å². The molecule has 0 radical (unpaired) electrons. The van der Waals surface area contributed by atoms with Gasteiger partial charge in [-0.3, -0.25) is 9.89 Å². The van der Waals surface area contributed by atoms with Crippen LogP contribution in [0.4, 0.5) is 13.2 Å². The number of H-pyrrole nitrogens is 1. The summed E-state index contributed by atoms with van der Waals surface area (Å²) in [5.41, 5.74) is -0.831. The van der Waals surface area contributed by atoms with Crippen molar-refractivity contribution in [2.24, 2.45) is 17.8 Å². The number of aromatic nitrogens is 2. The van der Waals surface area contributed by atoms with Gasteiger partial charge in [0.15, 0.2) is 0 Å². The molecule has 2 fully saturated rings. The van der Waals surface area contributed by atoms with Gasteiger partial charge >= 0.3 is 12.1 Å². The summed E-state index contributed by atoms with van der Waals surface area (Å²) in [5, 5.41) is 5.35. The normalized spacial score (nSPS) is 28.0. The first kappa shape index (κ1) is 14.4. The van der Waals surface area contributed by atoms with E-state index in [4.69, 9.17) is 4.74 Å². The number of hydrogen-bond donors (Lipinski definition) is 1. The van der Waals surface area contributed by atoms with Crippen LogP contribution in [0.3, 0.4) is 0 Å². The van der Waals surface area contributed by atoms with Crippen LogP contribution in [0.15, 0.2) is 6.20 Å². The lowest BCUT2D eigenvalue weighted by atomic mass is 10.0. The summed E-state index contributed by atoms with van der Waals surface area (Å²) in [7, 11) is 0. The molecule has 0 bridgehead atoms. The molecule has 0 aliphatic heterocycles. The number of alkyl halides is 3. The van der Waals surface area contributed by atoms with Gasteiger partial charge < -0.3 is 4.74 Å². The monoisotopic (exact) mass is 302 g/mol. The van der Waals surface area contributed by atoms with Crippen molar-refractivity contribution in [1.29, 1.82) is 0 Å². The predicted octanol–water partition coefficient (Wildman–Crippen LogP) is 2.95. The lowest BCUT2D eigenvalue weighted by Gasteiger charge is -2.07. The number of ether oxygens (including phenoxy) is 1. The van der Waals surface area contributed by atoms with E-state index in [2.05, 4.69) is 5.10 Å². The van der Waals surface area contributed by atoms with E-state index in [9.17, 15) is 18.0 Å². The molecule has 1 unspecified atom stereocenters. The van der Waals surface area contributed by atoms with E-state index in [1.54, 1.807) is 0 Å². The smallest absolute Gasteiger partial charge is 0.433 e. The topological polar surface area (TPSA) is 55.0 Å². The third-order valence-electron chi connectivity index (χ3n) is 4.55. The summed E-state index contributed by atoms with van der Waals surface area (Å²) >= 11 is 0. The number of fused-ring (bicyclic) bond motifs is 1. The van der Waals surface area contributed by atoms with Crippen molar-refractivity contribution in [3.63, 3.8) is 0 Å². The molecular weight excluding hydrogens is 285 g/mol. The Hall–Kier alpha value is -1.53. The molecule has 116 valence electrons. The summed E-state index contributed by atoms with van der Waals surface area (Å²) in [6.45, 7) is -0.0304. The molecule has 0 saturated heterocycles. The minimum Gasteiger partial charge on any atom is -0.465 e. The third kappa shape index (κ3) is 2.91. The van der Waals surface area contributed by atoms with Crippen LogP contribution in [-0.4, -0.2) is 22.8 Å². The van der Waals surface area contributed by atoms with Crippen molar-refractivity contribution in [2.75, 3.05) is 6.61 Å². The number of halogens is 3. The summed E-state index contributed by atoms with van der Waals surface area (Å²) < 4.78 is 43.0. The number of esters is 1. The van der Waals surface area contributed by atoms with Crippen LogP contribution in [0.25, 0.3) is 0 Å². The van der Waals surface area contributed by atoms with E-state index in [1.165, 1.54) is 0 Å². The van der Waals surface area contributed by atoms with E-state index >= 15 is 0 Å². The number of aromatic amines is 1. The lowest BCUT2D eigenvalue weighted by Crippen LogP contribution is -2.14. The fourth-order valence-corrected chi connectivity index (χ4v) is 3.45. The second-order valence-electron chi connectivity index (χ2n) is 5.82. The maximum atomic E-state index is 12.6. The van der Waals surface area contributed by atoms with Crippen molar-refractivity contribution in [3.05, 3.63) is 17.5 Å². The highest BCUT2D eigenvalue weighted by molar-refractivity contribution is 5.76. The Kier molecular flexibility index (Phi) is 3.67. The van der Waals surface area contributed by atoms with E-state index in [0.717, 1.165) is 31.9 Å². The molecule has 2 aliphatic rings. The number of carbonyl (C=O) groups excluding carboxylic acids is 1. The van der Waals surface area contributed by atoms with Crippen LogP contribution in [0.1, 0.15) is 36.9 Å². The van der Waals surface area contributed by atoms with Crippen LogP contribution in [0, 0.1) is 17.8 Å². The largest absolute Gasteiger partial charge is 0.465 e. The molecular formula is C14H17F3N2O2. The summed E-state index contributed by atoms with van der Waals surface area (Å²) in [6.07, 6.45) is 1.17. The number of hydrogen-bond acceptors (Lipinski definition) is 3. The van der Waals surface area contributed by atoms with E-state index in [0.29, 0.717) is 11.8 Å². The van der Waals surface area contributed by atoms with Gasteiger partial charge in [0.1, 0.15) is 5.69 Å². The lowest BCUT2D eigenvalue weighted by molar-refractivity contribution is -0.146. The first-order valence-corrected chi connectivity index (χ1v) is 7.24. The Labute approximate surface area is 120 Å². The molecule has 2 aliphatic carbocycles. The fourth-order valence-electron chi connectivity index (χ4n) is 3.45. The second kappa shape index (κ2) is 5.35. The van der Waals surface area contributed by atoms with Crippen molar-refractivity contribution in [1.82, 2.24) is 10.2 Å². The Balaban J connectivity index is 1.49. The average molecular weight is 302 g/mol. The number of carbonyl (C=O) groups is 1. The van der Waals surface area contributed by atoms with Crippen LogP contribution in [0.2, 0.25) is 0 Å². The Morgan fingerprint density at radius 3 is 2.62 bits per heavy atom. The molecule has 2 saturated carbocycles. The van der Waals surface area contributed by atoms with Crippen LogP contribution in [-0.2, 0) is 22.1 Å². The van der Waals surface area contributed by atoms with Crippen molar-refractivity contribution in [2.45, 2.75) is 38.3 Å². The molecule has 0 aromatic carbocycles. The molecule has 21 heavy (non-hydrogen) atoms. The van der Waals surface area contributed by atoms with Crippen molar-refractivity contribution < 1.29 is 22.7 Å². The maximum absolute atomic E-state index is 12.6. The zero-order chi connectivity index (χ0) is 15.0. The Morgan fingerprint density at radius 1 is 1.33 bits per heavy atom. The zero-order valence-electron chi connectivity index (χ0n) is 11.4. The SMILES string of the molecule is O=C(OCCc1cn[nH]c1C(F)(F)F)C1[C@H]2CCCC[C@@H]12. The van der Waals surface area contributed by atoms with E-state index < -0.39 is 11.9 Å². The standard InChI is InChI=1S/C14H17F3N2O2/c15-14(16,17)12-8(7-18-19-12)5-6-21-13(20)11-9-3-1-2-4-10(9)11/h7,9-11H,1-6H2,(H,18,19)/t9-,10+,11?. The first-order chi connectivity index (χ1) is 9.98. The van der Waals surface area contributed by atoms with Gasteiger partial charge in [-0.1, -0.05) is 12.8 Å². The molecule has 3 rings (SSSR count). The molecule has 1 aromatic rings. The molecule has 3 atom stereocenters. The predicted molar refractivity (Wildman–Crippen MR) is 67.2 cm³/mol. The van der Waals surface area contributed by atoms with Gasteiger partial charge in [-0.05, 0) is 24.7 Å². The molecule has 1 aromatic heterocycles. The summed E-state index contributed by atoms with van der Waals surface area (Å²) in [5.74, 6) is 0.639. The minimum atomic E-state index is -4.46. The highest BCUT2D eigenvalue weighted by atomic mass is 19.4. The number of nitrogens with zero attached hydrogens (tertiary/aromatic N) is 1. The molecule has 4 nitrogen and oxygen atoms in total. The number of rotatable bonds is 4. The third-order valence-corrected chi connectivity index (χ3v) is 4.55. The van der Waals surface area contributed by atoms with Crippen molar-refractivity contribution in [3.8, 4) is 0 Å². The second-order valence-corrected chi connectivity index (χ2v) is 5.82. The quantitative estimate of drug-likeness (QED) is 0.870. The molecule has 1 heterocycles. The van der Waals surface area contributed by atoms with E-state index in [-0.39, 0.29) is 30.5 Å². The zero-order valence-corrected chi connectivity index (χ0v) is 11.4. The van der Waals surface area contributed by atoms with Gasteiger partial charge in [-0.25, -0.2) is 0 Å². The summed E-state index contributed by atoms with van der Waals surface area (Å²) in [4.78, 5) is 11.9. The molecule has 1 N–H and O–H groups in total. The van der Waals surface area contributed by atoms with Gasteiger partial charge in [0.25, 0.3) is 0 Å². The Morgan fingerprint density at radius 2 is 2.00 bits per heavy atom. The van der Waals surface area contributed by atoms with E-state index in [1.807, 2.05) is 5.10 Å².